The fraction of sp³-hybridized carbons (Fsp3) is 0.562. The van der Waals surface area contributed by atoms with Gasteiger partial charge >= 0.3 is 0 Å². The number of allylic oxidation sites excluding steroid dienone is 9. The molecule has 4 unspecified atom stereocenters. The molecule has 0 aromatic carbocycles. The first kappa shape index (κ1) is 28.3. The van der Waals surface area contributed by atoms with E-state index in [9.17, 15) is 0 Å². The van der Waals surface area contributed by atoms with Crippen molar-refractivity contribution in [2.45, 2.75) is 78.4 Å². The number of hydrogen-bond acceptors (Lipinski definition) is 4. The van der Waals surface area contributed by atoms with Gasteiger partial charge in [0, 0.05) is 6.42 Å². The number of epoxide rings is 2. The van der Waals surface area contributed by atoms with E-state index in [0.29, 0.717) is 36.9 Å². The molecule has 36 heavy (non-hydrogen) atoms. The lowest BCUT2D eigenvalue weighted by Gasteiger charge is -2.23. The van der Waals surface area contributed by atoms with Crippen LogP contribution in [0.5, 0.6) is 0 Å². The van der Waals surface area contributed by atoms with E-state index in [0.717, 1.165) is 74.2 Å². The summed E-state index contributed by atoms with van der Waals surface area (Å²) in [7, 11) is 0. The van der Waals surface area contributed by atoms with Crippen molar-refractivity contribution in [2.24, 2.45) is 11.8 Å². The van der Waals surface area contributed by atoms with Crippen LogP contribution in [0.2, 0.25) is 0 Å². The Balaban J connectivity index is 1.36. The van der Waals surface area contributed by atoms with Crippen LogP contribution in [0.1, 0.15) is 66.2 Å². The molecule has 4 nitrogen and oxygen atoms in total. The van der Waals surface area contributed by atoms with Crippen molar-refractivity contribution in [3.8, 4) is 0 Å². The predicted molar refractivity (Wildman–Crippen MR) is 149 cm³/mol. The zero-order valence-electron chi connectivity index (χ0n) is 23.0. The van der Waals surface area contributed by atoms with Crippen molar-refractivity contribution in [1.29, 1.82) is 0 Å². The molecule has 0 bridgehead atoms. The average molecular weight is 495 g/mol. The third kappa shape index (κ3) is 9.29. The van der Waals surface area contributed by atoms with Gasteiger partial charge in [-0.1, -0.05) is 51.8 Å². The fourth-order valence-electron chi connectivity index (χ4n) is 4.29. The van der Waals surface area contributed by atoms with Crippen LogP contribution in [0, 0.1) is 11.8 Å². The summed E-state index contributed by atoms with van der Waals surface area (Å²) < 4.78 is 22.1. The van der Waals surface area contributed by atoms with Gasteiger partial charge in [-0.15, -0.1) is 0 Å². The first-order chi connectivity index (χ1) is 17.1. The van der Waals surface area contributed by atoms with Gasteiger partial charge in [0.15, 0.2) is 0 Å². The highest BCUT2D eigenvalue weighted by Crippen LogP contribution is 2.33. The highest BCUT2D eigenvalue weighted by atomic mass is 16.6. The average Bonchev–Trinajstić information content (AvgIpc) is 3.78. The normalized spacial score (nSPS) is 22.9. The summed E-state index contributed by atoms with van der Waals surface area (Å²) in [5.74, 6) is 3.02. The Labute approximate surface area is 219 Å². The van der Waals surface area contributed by atoms with E-state index in [1.54, 1.807) is 0 Å². The molecule has 0 saturated carbocycles. The first-order valence-electron chi connectivity index (χ1n) is 13.5. The van der Waals surface area contributed by atoms with Crippen molar-refractivity contribution in [3.63, 3.8) is 0 Å². The minimum Gasteiger partial charge on any atom is -0.495 e. The molecule has 0 aromatic rings. The van der Waals surface area contributed by atoms with Gasteiger partial charge in [0.2, 0.25) is 0 Å². The van der Waals surface area contributed by atoms with Crippen molar-refractivity contribution in [3.05, 3.63) is 83.4 Å². The summed E-state index contributed by atoms with van der Waals surface area (Å²) in [6.45, 7) is 28.6. The van der Waals surface area contributed by atoms with Crippen LogP contribution < -0.4 is 0 Å². The van der Waals surface area contributed by atoms with Gasteiger partial charge < -0.3 is 18.9 Å². The fourth-order valence-corrected chi connectivity index (χ4v) is 4.29. The van der Waals surface area contributed by atoms with Crippen molar-refractivity contribution in [1.82, 2.24) is 0 Å². The van der Waals surface area contributed by atoms with Crippen LogP contribution in [0.25, 0.3) is 0 Å². The zero-order chi connectivity index (χ0) is 26.2. The third-order valence-corrected chi connectivity index (χ3v) is 7.66. The molecule has 3 aliphatic rings. The highest BCUT2D eigenvalue weighted by molar-refractivity contribution is 5.41. The van der Waals surface area contributed by atoms with E-state index < -0.39 is 0 Å². The largest absolute Gasteiger partial charge is 0.495 e. The highest BCUT2D eigenvalue weighted by Gasteiger charge is 2.25. The Morgan fingerprint density at radius 3 is 2.22 bits per heavy atom. The van der Waals surface area contributed by atoms with Gasteiger partial charge in [0.05, 0.1) is 19.0 Å². The lowest BCUT2D eigenvalue weighted by molar-refractivity contribution is 0.172. The maximum absolute atomic E-state index is 5.94. The topological polar surface area (TPSA) is 43.5 Å². The van der Waals surface area contributed by atoms with E-state index in [-0.39, 0.29) is 6.10 Å². The second-order valence-corrected chi connectivity index (χ2v) is 10.8. The number of hydrogen-bond donors (Lipinski definition) is 0. The van der Waals surface area contributed by atoms with E-state index in [4.69, 9.17) is 18.9 Å². The minimum atomic E-state index is 0.230. The summed E-state index contributed by atoms with van der Waals surface area (Å²) in [6, 6.07) is 0. The quantitative estimate of drug-likeness (QED) is 0.118. The maximum Gasteiger partial charge on any atom is 0.117 e. The van der Waals surface area contributed by atoms with Crippen LogP contribution in [0.15, 0.2) is 83.4 Å². The van der Waals surface area contributed by atoms with Gasteiger partial charge in [-0.25, -0.2) is 0 Å². The summed E-state index contributed by atoms with van der Waals surface area (Å²) in [4.78, 5) is 0. The Hall–Kier alpha value is -2.30. The molecule has 0 aromatic heterocycles. The van der Waals surface area contributed by atoms with Crippen LogP contribution in [-0.4, -0.2) is 38.6 Å². The van der Waals surface area contributed by atoms with Crippen LogP contribution in [0.4, 0.5) is 0 Å². The second-order valence-electron chi connectivity index (χ2n) is 10.8. The van der Waals surface area contributed by atoms with Gasteiger partial charge in [-0.05, 0) is 91.7 Å². The minimum absolute atomic E-state index is 0.230. The van der Waals surface area contributed by atoms with Crippen molar-refractivity contribution < 1.29 is 18.9 Å². The molecular formula is C32H46O4. The van der Waals surface area contributed by atoms with Crippen molar-refractivity contribution in [2.75, 3.05) is 26.4 Å². The summed E-state index contributed by atoms with van der Waals surface area (Å²) in [5, 5.41) is 0. The van der Waals surface area contributed by atoms with Gasteiger partial charge in [-0.2, -0.15) is 0 Å². The van der Waals surface area contributed by atoms with E-state index >= 15 is 0 Å². The van der Waals surface area contributed by atoms with Crippen LogP contribution in [-0.2, 0) is 18.9 Å². The summed E-state index contributed by atoms with van der Waals surface area (Å²) >= 11 is 0. The molecule has 0 radical (unpaired) electrons. The second kappa shape index (κ2) is 13.3. The van der Waals surface area contributed by atoms with Gasteiger partial charge in [-0.3, -0.25) is 0 Å². The molecule has 2 fully saturated rings. The van der Waals surface area contributed by atoms with E-state index in [2.05, 4.69) is 53.2 Å². The number of rotatable bonds is 17. The van der Waals surface area contributed by atoms with E-state index in [1.165, 1.54) is 16.7 Å². The Bertz CT molecular complexity index is 939. The summed E-state index contributed by atoms with van der Waals surface area (Å²) in [5.41, 5.74) is 6.90. The Morgan fingerprint density at radius 2 is 1.61 bits per heavy atom. The van der Waals surface area contributed by atoms with Crippen LogP contribution >= 0.6 is 0 Å². The Morgan fingerprint density at radius 1 is 1.00 bits per heavy atom. The van der Waals surface area contributed by atoms with Gasteiger partial charge in [0.1, 0.15) is 31.2 Å². The lowest BCUT2D eigenvalue weighted by Crippen LogP contribution is -2.10. The molecule has 3 rings (SSSR count). The molecule has 0 spiro atoms. The molecule has 0 N–H and O–H groups in total. The monoisotopic (exact) mass is 494 g/mol. The lowest BCUT2D eigenvalue weighted by atomic mass is 9.83. The molecular weight excluding hydrogens is 448 g/mol. The zero-order valence-corrected chi connectivity index (χ0v) is 23.0. The predicted octanol–water partition coefficient (Wildman–Crippen LogP) is 7.77. The number of ether oxygens (including phenoxy) is 4. The third-order valence-electron chi connectivity index (χ3n) is 7.66. The SMILES string of the molecule is C=C(/C=C(/C)C(=C)OCC1CO1)C(=C)CCC(C)C(C)CCC(=C)C1=CC(C)=C(OCC2CO2)CC1. The molecule has 2 aliphatic heterocycles. The first-order valence-corrected chi connectivity index (χ1v) is 13.5. The maximum atomic E-state index is 5.94. The van der Waals surface area contributed by atoms with Crippen LogP contribution in [0.3, 0.4) is 0 Å². The standard InChI is InChI=1S/C32H46O4/c1-21(9-10-23(3)25(5)15-26(6)28(8)33-17-30-18-34-30)22(2)11-12-24(4)29-13-14-32(27(7)16-29)36-20-31-19-35-31/h15-16,21-22,30-31H,3-5,8-14,17-20H2,1-2,6-7H3/b26-15-. The summed E-state index contributed by atoms with van der Waals surface area (Å²) in [6.07, 6.45) is 11.1. The van der Waals surface area contributed by atoms with Crippen molar-refractivity contribution >= 4 is 0 Å². The molecule has 1 aliphatic carbocycles. The smallest absolute Gasteiger partial charge is 0.117 e. The molecule has 198 valence electrons. The molecule has 2 heterocycles. The van der Waals surface area contributed by atoms with Gasteiger partial charge in [0.25, 0.3) is 0 Å². The van der Waals surface area contributed by atoms with E-state index in [1.807, 2.05) is 13.0 Å². The molecule has 4 atom stereocenters. The molecule has 4 heteroatoms. The molecule has 2 saturated heterocycles. The Kier molecular flexibility index (Phi) is 10.4. The molecule has 0 amide bonds.